The zero-order valence-corrected chi connectivity index (χ0v) is 16.1. The van der Waals surface area contributed by atoms with Gasteiger partial charge >= 0.3 is 0 Å². The second-order valence-electron chi connectivity index (χ2n) is 7.96. The summed E-state index contributed by atoms with van der Waals surface area (Å²) in [6.07, 6.45) is 9.30. The maximum absolute atomic E-state index is 14.4. The zero-order valence-electron chi connectivity index (χ0n) is 16.1. The lowest BCUT2D eigenvalue weighted by Gasteiger charge is -2.41. The van der Waals surface area contributed by atoms with Gasteiger partial charge in [-0.1, -0.05) is 12.8 Å². The second-order valence-corrected chi connectivity index (χ2v) is 7.96. The number of nitrogens with zero attached hydrogens (tertiary/aromatic N) is 2. The molecule has 1 aromatic heterocycles. The monoisotopic (exact) mass is 385 g/mol. The molecule has 1 saturated heterocycles. The minimum atomic E-state index is -0.412. The second kappa shape index (κ2) is 8.45. The highest BCUT2D eigenvalue weighted by Gasteiger charge is 2.31. The summed E-state index contributed by atoms with van der Waals surface area (Å²) >= 11 is 0. The van der Waals surface area contributed by atoms with Gasteiger partial charge < -0.3 is 15.0 Å². The number of nitrogens with one attached hydrogen (secondary N) is 1. The summed E-state index contributed by atoms with van der Waals surface area (Å²) in [5, 5.41) is 13.3. The van der Waals surface area contributed by atoms with Gasteiger partial charge in [-0.25, -0.2) is 4.39 Å². The number of benzene rings is 1. The molecule has 6 heteroatoms. The number of hydrogen-bond acceptors (Lipinski definition) is 3. The van der Waals surface area contributed by atoms with Gasteiger partial charge in [-0.3, -0.25) is 9.69 Å². The van der Waals surface area contributed by atoms with E-state index in [1.54, 1.807) is 29.1 Å². The van der Waals surface area contributed by atoms with E-state index in [0.29, 0.717) is 11.3 Å². The molecule has 1 aliphatic heterocycles. The molecule has 2 aromatic rings. The molecule has 2 atom stereocenters. The number of carbonyl (C=O) groups is 1. The normalized spacial score (nSPS) is 24.2. The third kappa shape index (κ3) is 4.13. The lowest BCUT2D eigenvalue weighted by Crippen LogP contribution is -2.52. The number of carbonyl (C=O) groups excluding carboxylic acids is 1. The van der Waals surface area contributed by atoms with Gasteiger partial charge in [0, 0.05) is 43.1 Å². The summed E-state index contributed by atoms with van der Waals surface area (Å²) < 4.78 is 16.1. The fourth-order valence-corrected chi connectivity index (χ4v) is 4.51. The molecule has 1 saturated carbocycles. The Hall–Kier alpha value is -2.18. The molecular formula is C22H28FN3O2. The predicted octanol–water partition coefficient (Wildman–Crippen LogP) is 3.11. The van der Waals surface area contributed by atoms with Crippen molar-refractivity contribution in [2.45, 2.75) is 56.7 Å². The molecule has 0 bridgehead atoms. The largest absolute Gasteiger partial charge is 0.391 e. The number of aliphatic hydroxyl groups is 1. The van der Waals surface area contributed by atoms with Crippen molar-refractivity contribution >= 4 is 5.91 Å². The van der Waals surface area contributed by atoms with E-state index in [4.69, 9.17) is 0 Å². The zero-order chi connectivity index (χ0) is 19.5. The maximum atomic E-state index is 14.4. The molecule has 2 N–H and O–H groups in total. The van der Waals surface area contributed by atoms with Crippen molar-refractivity contribution in [2.75, 3.05) is 13.1 Å². The van der Waals surface area contributed by atoms with E-state index < -0.39 is 5.82 Å². The van der Waals surface area contributed by atoms with Crippen LogP contribution in [-0.2, 0) is 0 Å². The Morgan fingerprint density at radius 3 is 2.46 bits per heavy atom. The van der Waals surface area contributed by atoms with Crippen molar-refractivity contribution in [2.24, 2.45) is 0 Å². The van der Waals surface area contributed by atoms with E-state index >= 15 is 0 Å². The third-order valence-electron chi connectivity index (χ3n) is 6.12. The lowest BCUT2D eigenvalue weighted by atomic mass is 9.89. The minimum absolute atomic E-state index is 0.0941. The highest BCUT2D eigenvalue weighted by Crippen LogP contribution is 2.26. The van der Waals surface area contributed by atoms with E-state index in [-0.39, 0.29) is 24.1 Å². The van der Waals surface area contributed by atoms with Gasteiger partial charge in [0.1, 0.15) is 5.82 Å². The number of rotatable bonds is 4. The molecule has 150 valence electrons. The summed E-state index contributed by atoms with van der Waals surface area (Å²) in [6, 6.07) is 8.63. The summed E-state index contributed by atoms with van der Waals surface area (Å²) in [5.41, 5.74) is 0.777. The standard InChI is InChI=1S/C22H28FN3O2/c23-18-15-16(7-8-19(18)25-11-3-4-12-25)22(28)24-17-9-13-26(14-10-17)20-5-1-2-6-21(20)27/h3-4,7-8,11-12,15,17,20-21,27H,1-2,5-6,9-10,13-14H2,(H,24,28). The van der Waals surface area contributed by atoms with E-state index in [9.17, 15) is 14.3 Å². The van der Waals surface area contributed by atoms with Crippen LogP contribution in [0.4, 0.5) is 4.39 Å². The summed E-state index contributed by atoms with van der Waals surface area (Å²) in [6.45, 7) is 1.77. The molecule has 2 aliphatic rings. The molecule has 0 spiro atoms. The van der Waals surface area contributed by atoms with Crippen LogP contribution in [0, 0.1) is 5.82 Å². The van der Waals surface area contributed by atoms with E-state index in [1.165, 1.54) is 12.5 Å². The van der Waals surface area contributed by atoms with Crippen molar-refractivity contribution in [3.63, 3.8) is 0 Å². The van der Waals surface area contributed by atoms with Crippen LogP contribution in [0.2, 0.25) is 0 Å². The summed E-state index contributed by atoms with van der Waals surface area (Å²) in [5.74, 6) is -0.640. The molecule has 2 heterocycles. The Balaban J connectivity index is 1.33. The van der Waals surface area contributed by atoms with Crippen molar-refractivity contribution < 1.29 is 14.3 Å². The van der Waals surface area contributed by atoms with Crippen LogP contribution in [0.3, 0.4) is 0 Å². The van der Waals surface area contributed by atoms with E-state index in [2.05, 4.69) is 10.2 Å². The molecule has 2 fully saturated rings. The van der Waals surface area contributed by atoms with Crippen LogP contribution in [0.25, 0.3) is 5.69 Å². The lowest BCUT2D eigenvalue weighted by molar-refractivity contribution is 0.00727. The fourth-order valence-electron chi connectivity index (χ4n) is 4.51. The van der Waals surface area contributed by atoms with Crippen LogP contribution in [-0.4, -0.2) is 51.8 Å². The number of aromatic nitrogens is 1. The first-order valence-electron chi connectivity index (χ1n) is 10.3. The first kappa shape index (κ1) is 19.2. The van der Waals surface area contributed by atoms with Crippen LogP contribution in [0.15, 0.2) is 42.7 Å². The van der Waals surface area contributed by atoms with Crippen molar-refractivity contribution in [3.05, 3.63) is 54.1 Å². The Morgan fingerprint density at radius 2 is 1.79 bits per heavy atom. The molecule has 5 nitrogen and oxygen atoms in total. The third-order valence-corrected chi connectivity index (χ3v) is 6.12. The van der Waals surface area contributed by atoms with Crippen molar-refractivity contribution in [1.82, 2.24) is 14.8 Å². The molecule has 1 amide bonds. The van der Waals surface area contributed by atoms with E-state index in [1.807, 2.05) is 12.1 Å². The van der Waals surface area contributed by atoms with Crippen LogP contribution < -0.4 is 5.32 Å². The first-order chi connectivity index (χ1) is 13.6. The number of amides is 1. The molecule has 1 aromatic carbocycles. The van der Waals surface area contributed by atoms with Crippen LogP contribution in [0.5, 0.6) is 0 Å². The number of hydrogen-bond donors (Lipinski definition) is 2. The van der Waals surface area contributed by atoms with Gasteiger partial charge in [0.25, 0.3) is 5.91 Å². The van der Waals surface area contributed by atoms with Gasteiger partial charge in [0.05, 0.1) is 11.8 Å². The molecule has 0 radical (unpaired) electrons. The van der Waals surface area contributed by atoms with Gasteiger partial charge in [-0.05, 0) is 56.0 Å². The number of halogens is 1. The smallest absolute Gasteiger partial charge is 0.251 e. The van der Waals surface area contributed by atoms with Gasteiger partial charge in [0.15, 0.2) is 0 Å². The van der Waals surface area contributed by atoms with Crippen LogP contribution in [0.1, 0.15) is 48.9 Å². The Labute approximate surface area is 165 Å². The topological polar surface area (TPSA) is 57.5 Å². The van der Waals surface area contributed by atoms with Gasteiger partial charge in [-0.2, -0.15) is 0 Å². The summed E-state index contributed by atoms with van der Waals surface area (Å²) in [4.78, 5) is 14.9. The predicted molar refractivity (Wildman–Crippen MR) is 106 cm³/mol. The van der Waals surface area contributed by atoms with Gasteiger partial charge in [-0.15, -0.1) is 0 Å². The van der Waals surface area contributed by atoms with Gasteiger partial charge in [0.2, 0.25) is 0 Å². The minimum Gasteiger partial charge on any atom is -0.391 e. The van der Waals surface area contributed by atoms with Crippen molar-refractivity contribution in [1.29, 1.82) is 0 Å². The average molecular weight is 385 g/mol. The quantitative estimate of drug-likeness (QED) is 0.850. The average Bonchev–Trinajstić information content (AvgIpc) is 3.23. The Kier molecular flexibility index (Phi) is 5.78. The van der Waals surface area contributed by atoms with Crippen LogP contribution >= 0.6 is 0 Å². The van der Waals surface area contributed by atoms with E-state index in [0.717, 1.165) is 45.2 Å². The number of likely N-dealkylation sites (tertiary alicyclic amines) is 1. The number of piperidine rings is 1. The highest BCUT2D eigenvalue weighted by atomic mass is 19.1. The molecule has 28 heavy (non-hydrogen) atoms. The highest BCUT2D eigenvalue weighted by molar-refractivity contribution is 5.94. The summed E-state index contributed by atoms with van der Waals surface area (Å²) in [7, 11) is 0. The molecular weight excluding hydrogens is 357 g/mol. The van der Waals surface area contributed by atoms with Crippen molar-refractivity contribution in [3.8, 4) is 5.69 Å². The molecule has 2 unspecified atom stereocenters. The Bertz CT molecular complexity index is 800. The molecule has 1 aliphatic carbocycles. The number of aliphatic hydroxyl groups excluding tert-OH is 1. The fraction of sp³-hybridized carbons (Fsp3) is 0.500. The SMILES string of the molecule is O=C(NC1CCN(C2CCCCC2O)CC1)c1ccc(-n2cccc2)c(F)c1. The maximum Gasteiger partial charge on any atom is 0.251 e. The Morgan fingerprint density at radius 1 is 1.07 bits per heavy atom. The molecule has 4 rings (SSSR count). The first-order valence-corrected chi connectivity index (χ1v) is 10.3.